The molecule has 0 saturated heterocycles. The van der Waals surface area contributed by atoms with Gasteiger partial charge in [-0.05, 0) is 18.6 Å². The molecule has 2 rings (SSSR count). The summed E-state index contributed by atoms with van der Waals surface area (Å²) in [7, 11) is 3.92. The molecule has 0 radical (unpaired) electrons. The van der Waals surface area contributed by atoms with E-state index in [9.17, 15) is 4.79 Å². The topological polar surface area (TPSA) is 46.1 Å². The summed E-state index contributed by atoms with van der Waals surface area (Å²) in [5.41, 5.74) is 1.99. The molecule has 0 saturated carbocycles. The zero-order chi connectivity index (χ0) is 13.0. The number of aldehydes is 1. The Morgan fingerprint density at radius 3 is 2.83 bits per heavy atom. The second kappa shape index (κ2) is 5.73. The first-order valence-corrected chi connectivity index (χ1v) is 6.60. The predicted molar refractivity (Wildman–Crippen MR) is 74.1 cm³/mol. The van der Waals surface area contributed by atoms with Gasteiger partial charge in [-0.15, -0.1) is 11.3 Å². The normalized spacial score (nSPS) is 10.3. The fourth-order valence-electron chi connectivity index (χ4n) is 1.54. The molecule has 2 aromatic rings. The standard InChI is InChI=1S/C13H15N3OS/c1-16(2)12-6-5-10(8-14-12)13-15-11(9-18-13)4-3-7-17/h5-9H,3-4H2,1-2H3. The van der Waals surface area contributed by atoms with Crippen molar-refractivity contribution in [1.82, 2.24) is 9.97 Å². The number of pyridine rings is 1. The first-order valence-electron chi connectivity index (χ1n) is 5.72. The second-order valence-corrected chi connectivity index (χ2v) is 5.01. The van der Waals surface area contributed by atoms with Crippen LogP contribution in [0, 0.1) is 0 Å². The minimum absolute atomic E-state index is 0.529. The van der Waals surface area contributed by atoms with Crippen molar-refractivity contribution in [3.63, 3.8) is 0 Å². The molecule has 0 aliphatic carbocycles. The lowest BCUT2D eigenvalue weighted by molar-refractivity contribution is -0.107. The summed E-state index contributed by atoms with van der Waals surface area (Å²) in [5, 5.41) is 2.95. The van der Waals surface area contributed by atoms with E-state index < -0.39 is 0 Å². The van der Waals surface area contributed by atoms with Gasteiger partial charge in [0.05, 0.1) is 5.69 Å². The number of anilines is 1. The van der Waals surface area contributed by atoms with E-state index in [1.54, 1.807) is 11.3 Å². The van der Waals surface area contributed by atoms with E-state index in [0.717, 1.165) is 28.4 Å². The summed E-state index contributed by atoms with van der Waals surface area (Å²) in [5.74, 6) is 0.927. The van der Waals surface area contributed by atoms with Crippen molar-refractivity contribution >= 4 is 23.4 Å². The molecular weight excluding hydrogens is 246 g/mol. The van der Waals surface area contributed by atoms with Gasteiger partial charge >= 0.3 is 0 Å². The molecule has 0 fully saturated rings. The lowest BCUT2D eigenvalue weighted by atomic mass is 10.2. The molecule has 0 spiro atoms. The van der Waals surface area contributed by atoms with Crippen molar-refractivity contribution in [2.45, 2.75) is 12.8 Å². The van der Waals surface area contributed by atoms with Gasteiger partial charge in [0.15, 0.2) is 0 Å². The highest BCUT2D eigenvalue weighted by Crippen LogP contribution is 2.24. The van der Waals surface area contributed by atoms with Crippen molar-refractivity contribution in [2.75, 3.05) is 19.0 Å². The Labute approximate surface area is 110 Å². The predicted octanol–water partition coefficient (Wildman–Crippen LogP) is 2.40. The van der Waals surface area contributed by atoms with Crippen LogP contribution in [0.15, 0.2) is 23.7 Å². The fourth-order valence-corrected chi connectivity index (χ4v) is 2.38. The van der Waals surface area contributed by atoms with E-state index in [0.29, 0.717) is 12.8 Å². The minimum Gasteiger partial charge on any atom is -0.363 e. The Morgan fingerprint density at radius 2 is 2.22 bits per heavy atom. The van der Waals surface area contributed by atoms with Crippen molar-refractivity contribution in [2.24, 2.45) is 0 Å². The van der Waals surface area contributed by atoms with Crippen LogP contribution in [0.5, 0.6) is 0 Å². The fraction of sp³-hybridized carbons (Fsp3) is 0.308. The van der Waals surface area contributed by atoms with Gasteiger partial charge in [0.25, 0.3) is 0 Å². The van der Waals surface area contributed by atoms with Crippen LogP contribution < -0.4 is 4.90 Å². The number of carbonyl (C=O) groups excluding carboxylic acids is 1. The van der Waals surface area contributed by atoms with E-state index in [1.807, 2.05) is 42.7 Å². The van der Waals surface area contributed by atoms with Crippen LogP contribution in [-0.4, -0.2) is 30.3 Å². The summed E-state index contributed by atoms with van der Waals surface area (Å²) >= 11 is 1.59. The average molecular weight is 261 g/mol. The molecule has 0 amide bonds. The molecule has 94 valence electrons. The largest absolute Gasteiger partial charge is 0.363 e. The number of hydrogen-bond acceptors (Lipinski definition) is 5. The van der Waals surface area contributed by atoms with E-state index in [4.69, 9.17) is 0 Å². The van der Waals surface area contributed by atoms with E-state index in [-0.39, 0.29) is 0 Å². The number of aromatic nitrogens is 2. The van der Waals surface area contributed by atoms with Crippen LogP contribution >= 0.6 is 11.3 Å². The molecule has 18 heavy (non-hydrogen) atoms. The van der Waals surface area contributed by atoms with Crippen molar-refractivity contribution < 1.29 is 4.79 Å². The molecule has 0 atom stereocenters. The van der Waals surface area contributed by atoms with Gasteiger partial charge in [-0.2, -0.15) is 0 Å². The van der Waals surface area contributed by atoms with Crippen LogP contribution in [0.4, 0.5) is 5.82 Å². The van der Waals surface area contributed by atoms with Gasteiger partial charge < -0.3 is 9.69 Å². The Hall–Kier alpha value is -1.75. The Balaban J connectivity index is 2.15. The molecule has 0 unspecified atom stereocenters. The number of thiazole rings is 1. The molecule has 0 aromatic carbocycles. The molecule has 0 N–H and O–H groups in total. The lowest BCUT2D eigenvalue weighted by Gasteiger charge is -2.10. The molecule has 0 bridgehead atoms. The minimum atomic E-state index is 0.529. The molecular formula is C13H15N3OS. The molecule has 2 heterocycles. The Bertz CT molecular complexity index is 519. The van der Waals surface area contributed by atoms with E-state index in [1.165, 1.54) is 0 Å². The SMILES string of the molecule is CN(C)c1ccc(-c2nc(CCC=O)cs2)cn1. The van der Waals surface area contributed by atoms with Gasteiger partial charge in [0.2, 0.25) is 0 Å². The monoisotopic (exact) mass is 261 g/mol. The van der Waals surface area contributed by atoms with Gasteiger partial charge in [-0.1, -0.05) is 0 Å². The molecule has 0 aliphatic heterocycles. The maximum absolute atomic E-state index is 10.3. The highest BCUT2D eigenvalue weighted by molar-refractivity contribution is 7.13. The van der Waals surface area contributed by atoms with Gasteiger partial charge in [0, 0.05) is 37.7 Å². The number of carbonyl (C=O) groups is 1. The number of hydrogen-bond donors (Lipinski definition) is 0. The van der Waals surface area contributed by atoms with Crippen LogP contribution in [-0.2, 0) is 11.2 Å². The average Bonchev–Trinajstić information content (AvgIpc) is 2.85. The summed E-state index contributed by atoms with van der Waals surface area (Å²) in [6, 6.07) is 3.99. The quantitative estimate of drug-likeness (QED) is 0.775. The van der Waals surface area contributed by atoms with E-state index >= 15 is 0 Å². The second-order valence-electron chi connectivity index (χ2n) is 4.15. The van der Waals surface area contributed by atoms with Gasteiger partial charge in [0.1, 0.15) is 17.1 Å². The van der Waals surface area contributed by atoms with Crippen LogP contribution in [0.1, 0.15) is 12.1 Å². The van der Waals surface area contributed by atoms with Crippen molar-refractivity contribution in [3.05, 3.63) is 29.4 Å². The summed E-state index contributed by atoms with van der Waals surface area (Å²) < 4.78 is 0. The smallest absolute Gasteiger partial charge is 0.127 e. The number of aryl methyl sites for hydroxylation is 1. The van der Waals surface area contributed by atoms with Crippen LogP contribution in [0.2, 0.25) is 0 Å². The first-order chi connectivity index (χ1) is 8.70. The third kappa shape index (κ3) is 2.92. The molecule has 2 aromatic heterocycles. The van der Waals surface area contributed by atoms with E-state index in [2.05, 4.69) is 9.97 Å². The summed E-state index contributed by atoms with van der Waals surface area (Å²) in [6.07, 6.45) is 3.99. The maximum atomic E-state index is 10.3. The summed E-state index contributed by atoms with van der Waals surface area (Å²) in [4.78, 5) is 21.1. The van der Waals surface area contributed by atoms with Crippen LogP contribution in [0.25, 0.3) is 10.6 Å². The van der Waals surface area contributed by atoms with Crippen molar-refractivity contribution in [1.29, 1.82) is 0 Å². The number of rotatable bonds is 5. The summed E-state index contributed by atoms with van der Waals surface area (Å²) in [6.45, 7) is 0. The third-order valence-corrected chi connectivity index (χ3v) is 3.46. The molecule has 4 nitrogen and oxygen atoms in total. The van der Waals surface area contributed by atoms with Gasteiger partial charge in [-0.25, -0.2) is 9.97 Å². The lowest BCUT2D eigenvalue weighted by Crippen LogP contribution is -2.09. The first kappa shape index (κ1) is 12.7. The Morgan fingerprint density at radius 1 is 1.39 bits per heavy atom. The highest BCUT2D eigenvalue weighted by Gasteiger charge is 2.05. The third-order valence-electron chi connectivity index (χ3n) is 2.52. The maximum Gasteiger partial charge on any atom is 0.127 e. The zero-order valence-corrected chi connectivity index (χ0v) is 11.3. The zero-order valence-electron chi connectivity index (χ0n) is 10.5. The van der Waals surface area contributed by atoms with Gasteiger partial charge in [-0.3, -0.25) is 0 Å². The Kier molecular flexibility index (Phi) is 4.04. The number of nitrogens with zero attached hydrogens (tertiary/aromatic N) is 3. The van der Waals surface area contributed by atoms with Crippen molar-refractivity contribution in [3.8, 4) is 10.6 Å². The highest BCUT2D eigenvalue weighted by atomic mass is 32.1. The van der Waals surface area contributed by atoms with Crippen LogP contribution in [0.3, 0.4) is 0 Å². The molecule has 5 heteroatoms. The molecule has 0 aliphatic rings.